The van der Waals surface area contributed by atoms with Crippen LogP contribution in [0, 0.1) is 6.92 Å². The van der Waals surface area contributed by atoms with Gasteiger partial charge in [-0.3, -0.25) is 14.5 Å². The van der Waals surface area contributed by atoms with Crippen LogP contribution in [0.1, 0.15) is 22.7 Å². The zero-order chi connectivity index (χ0) is 25.0. The Hall–Kier alpha value is -4.59. The standard InChI is InChI=1S/C28H24N4O4/c1-16-8-10-19-20(14-16)30-28(29-19)32-24(17-6-4-3-5-7-17)23(26(34)27(32)35)25(33)18-9-11-22-21(15-18)31(2)12-13-36-22/h3-11,14-15,24,33H,12-13H2,1-2H3,(H,29,30)/b25-23+. The van der Waals surface area contributed by atoms with Gasteiger partial charge >= 0.3 is 5.91 Å². The molecule has 36 heavy (non-hydrogen) atoms. The molecule has 0 saturated carbocycles. The van der Waals surface area contributed by atoms with Crippen LogP contribution in [0.2, 0.25) is 0 Å². The van der Waals surface area contributed by atoms with Crippen molar-refractivity contribution in [3.05, 3.63) is 89.0 Å². The Morgan fingerprint density at radius 2 is 1.89 bits per heavy atom. The number of ketones is 1. The highest BCUT2D eigenvalue weighted by Gasteiger charge is 2.48. The number of aromatic amines is 1. The lowest BCUT2D eigenvalue weighted by molar-refractivity contribution is -0.132. The van der Waals surface area contributed by atoms with Crippen molar-refractivity contribution in [1.29, 1.82) is 0 Å². The third-order valence-electron chi connectivity index (χ3n) is 6.74. The number of likely N-dealkylation sites (N-methyl/N-ethyl adjacent to an activating group) is 1. The van der Waals surface area contributed by atoms with E-state index < -0.39 is 17.7 Å². The monoisotopic (exact) mass is 480 g/mol. The smallest absolute Gasteiger partial charge is 0.302 e. The molecule has 3 aromatic carbocycles. The number of anilines is 2. The summed E-state index contributed by atoms with van der Waals surface area (Å²) in [7, 11) is 1.94. The molecule has 1 atom stereocenters. The van der Waals surface area contributed by atoms with E-state index in [1.54, 1.807) is 18.2 Å². The number of ether oxygens (including phenoxy) is 1. The van der Waals surface area contributed by atoms with Crippen molar-refractivity contribution >= 4 is 40.1 Å². The first-order valence-corrected chi connectivity index (χ1v) is 11.7. The molecule has 180 valence electrons. The van der Waals surface area contributed by atoms with Crippen LogP contribution < -0.4 is 14.5 Å². The summed E-state index contributed by atoms with van der Waals surface area (Å²) in [6.07, 6.45) is 0. The molecule has 4 aromatic rings. The van der Waals surface area contributed by atoms with Crippen LogP contribution in [-0.2, 0) is 9.59 Å². The maximum atomic E-state index is 13.4. The molecule has 8 heteroatoms. The average Bonchev–Trinajstić information content (AvgIpc) is 3.42. The number of Topliss-reactive ketones (excluding diaryl/α,β-unsaturated/α-hetero) is 1. The van der Waals surface area contributed by atoms with Crippen molar-refractivity contribution < 1.29 is 19.4 Å². The highest BCUT2D eigenvalue weighted by Crippen LogP contribution is 2.42. The maximum absolute atomic E-state index is 13.4. The number of fused-ring (bicyclic) bond motifs is 2. The predicted octanol–water partition coefficient (Wildman–Crippen LogP) is 4.33. The number of rotatable bonds is 3. The minimum absolute atomic E-state index is 0.0159. The molecule has 8 nitrogen and oxygen atoms in total. The molecule has 1 fully saturated rings. The van der Waals surface area contributed by atoms with Crippen LogP contribution >= 0.6 is 0 Å². The Labute approximate surface area is 207 Å². The Morgan fingerprint density at radius 3 is 2.69 bits per heavy atom. The zero-order valence-corrected chi connectivity index (χ0v) is 19.9. The lowest BCUT2D eigenvalue weighted by atomic mass is 9.95. The number of aliphatic hydroxyl groups excluding tert-OH is 1. The topological polar surface area (TPSA) is 98.8 Å². The van der Waals surface area contributed by atoms with Gasteiger partial charge in [0.15, 0.2) is 0 Å². The number of hydrogen-bond donors (Lipinski definition) is 2. The van der Waals surface area contributed by atoms with Gasteiger partial charge in [0.2, 0.25) is 5.95 Å². The summed E-state index contributed by atoms with van der Waals surface area (Å²) in [5.74, 6) is -0.791. The van der Waals surface area contributed by atoms with Gasteiger partial charge in [0, 0.05) is 12.6 Å². The number of aryl methyl sites for hydroxylation is 1. The Bertz CT molecular complexity index is 1560. The van der Waals surface area contributed by atoms with Gasteiger partial charge in [0.1, 0.15) is 18.1 Å². The summed E-state index contributed by atoms with van der Waals surface area (Å²) < 4.78 is 5.71. The van der Waals surface area contributed by atoms with Crippen LogP contribution in [0.15, 0.2) is 72.3 Å². The number of amides is 1. The number of hydrogen-bond acceptors (Lipinski definition) is 6. The number of carbonyl (C=O) groups excluding carboxylic acids is 2. The predicted molar refractivity (Wildman–Crippen MR) is 137 cm³/mol. The summed E-state index contributed by atoms with van der Waals surface area (Å²) >= 11 is 0. The van der Waals surface area contributed by atoms with Crippen LogP contribution in [0.3, 0.4) is 0 Å². The van der Waals surface area contributed by atoms with E-state index in [4.69, 9.17) is 4.74 Å². The minimum Gasteiger partial charge on any atom is -0.507 e. The van der Waals surface area contributed by atoms with Gasteiger partial charge in [-0.25, -0.2) is 4.98 Å². The molecule has 1 saturated heterocycles. The number of H-pyrrole nitrogens is 1. The van der Waals surface area contributed by atoms with Crippen molar-refractivity contribution in [2.24, 2.45) is 0 Å². The van der Waals surface area contributed by atoms with Crippen molar-refractivity contribution in [3.63, 3.8) is 0 Å². The van der Waals surface area contributed by atoms with E-state index in [0.717, 1.165) is 16.8 Å². The molecule has 2 N–H and O–H groups in total. The fourth-order valence-corrected chi connectivity index (χ4v) is 4.88. The molecule has 2 aliphatic heterocycles. The first-order valence-electron chi connectivity index (χ1n) is 11.7. The molecule has 1 unspecified atom stereocenters. The van der Waals surface area contributed by atoms with E-state index in [2.05, 4.69) is 9.97 Å². The van der Waals surface area contributed by atoms with Gasteiger partial charge in [0.25, 0.3) is 5.78 Å². The number of nitrogens with zero attached hydrogens (tertiary/aromatic N) is 3. The summed E-state index contributed by atoms with van der Waals surface area (Å²) in [5, 5.41) is 11.5. The third-order valence-corrected chi connectivity index (χ3v) is 6.74. The SMILES string of the molecule is Cc1ccc2nc(N3C(=O)C(=O)/C(=C(/O)c4ccc5c(c4)N(C)CCO5)C3c3ccccc3)[nH]c2c1. The lowest BCUT2D eigenvalue weighted by Gasteiger charge is -2.28. The van der Waals surface area contributed by atoms with Gasteiger partial charge in [0.05, 0.1) is 34.9 Å². The molecule has 3 heterocycles. The van der Waals surface area contributed by atoms with Gasteiger partial charge in [-0.05, 0) is 48.4 Å². The molecular formula is C28H24N4O4. The molecule has 1 aromatic heterocycles. The van der Waals surface area contributed by atoms with Crippen LogP contribution in [-0.4, -0.2) is 47.0 Å². The molecular weight excluding hydrogens is 456 g/mol. The van der Waals surface area contributed by atoms with Crippen molar-refractivity contribution in [1.82, 2.24) is 9.97 Å². The van der Waals surface area contributed by atoms with Crippen molar-refractivity contribution in [2.75, 3.05) is 30.0 Å². The molecule has 0 bridgehead atoms. The maximum Gasteiger partial charge on any atom is 0.302 e. The van der Waals surface area contributed by atoms with Crippen LogP contribution in [0.4, 0.5) is 11.6 Å². The Balaban J connectivity index is 1.53. The molecule has 0 spiro atoms. The second-order valence-corrected chi connectivity index (χ2v) is 9.11. The Morgan fingerprint density at radius 1 is 1.08 bits per heavy atom. The number of imidazole rings is 1. The molecule has 1 amide bonds. The molecule has 2 aliphatic rings. The minimum atomic E-state index is -0.849. The first-order chi connectivity index (χ1) is 17.4. The van der Waals surface area contributed by atoms with Gasteiger partial charge in [-0.1, -0.05) is 36.4 Å². The fraction of sp³-hybridized carbons (Fsp3) is 0.179. The van der Waals surface area contributed by atoms with E-state index in [0.29, 0.717) is 35.5 Å². The van der Waals surface area contributed by atoms with Gasteiger partial charge in [-0.2, -0.15) is 0 Å². The van der Waals surface area contributed by atoms with Gasteiger partial charge in [-0.15, -0.1) is 0 Å². The quantitative estimate of drug-likeness (QED) is 0.257. The molecule has 0 radical (unpaired) electrons. The third kappa shape index (κ3) is 3.41. The first kappa shape index (κ1) is 21.9. The van der Waals surface area contributed by atoms with Crippen molar-refractivity contribution in [3.8, 4) is 5.75 Å². The highest BCUT2D eigenvalue weighted by atomic mass is 16.5. The average molecular weight is 481 g/mol. The number of carbonyl (C=O) groups is 2. The highest BCUT2D eigenvalue weighted by molar-refractivity contribution is 6.51. The summed E-state index contributed by atoms with van der Waals surface area (Å²) in [6, 6.07) is 19.3. The van der Waals surface area contributed by atoms with E-state index in [1.807, 2.05) is 67.4 Å². The fourth-order valence-electron chi connectivity index (χ4n) is 4.88. The summed E-state index contributed by atoms with van der Waals surface area (Å²) in [4.78, 5) is 38.0. The number of aromatic nitrogens is 2. The zero-order valence-electron chi connectivity index (χ0n) is 19.9. The van der Waals surface area contributed by atoms with Crippen LogP contribution in [0.5, 0.6) is 5.75 Å². The number of benzene rings is 3. The second kappa shape index (κ2) is 8.27. The summed E-state index contributed by atoms with van der Waals surface area (Å²) in [6.45, 7) is 3.25. The summed E-state index contributed by atoms with van der Waals surface area (Å²) in [5.41, 5.74) is 4.43. The van der Waals surface area contributed by atoms with Gasteiger partial charge < -0.3 is 19.7 Å². The second-order valence-electron chi connectivity index (χ2n) is 9.11. The number of nitrogens with one attached hydrogen (secondary N) is 1. The van der Waals surface area contributed by atoms with E-state index in [1.165, 1.54) is 4.90 Å². The van der Waals surface area contributed by atoms with Crippen molar-refractivity contribution in [2.45, 2.75) is 13.0 Å². The normalized spacial score (nSPS) is 19.0. The van der Waals surface area contributed by atoms with E-state index in [-0.39, 0.29) is 17.3 Å². The van der Waals surface area contributed by atoms with Crippen LogP contribution in [0.25, 0.3) is 16.8 Å². The Kier molecular flexibility index (Phi) is 5.03. The van der Waals surface area contributed by atoms with E-state index >= 15 is 0 Å². The number of aliphatic hydroxyl groups is 1. The largest absolute Gasteiger partial charge is 0.507 e. The lowest BCUT2D eigenvalue weighted by Crippen LogP contribution is -2.30. The van der Waals surface area contributed by atoms with E-state index in [9.17, 15) is 14.7 Å². The molecule has 0 aliphatic carbocycles. The molecule has 6 rings (SSSR count).